The first-order chi connectivity index (χ1) is 7.49. The Labute approximate surface area is 96.6 Å². The van der Waals surface area contributed by atoms with Gasteiger partial charge in [0.1, 0.15) is 0 Å². The third-order valence-electron chi connectivity index (χ3n) is 3.32. The first-order valence-corrected chi connectivity index (χ1v) is 7.37. The predicted molar refractivity (Wildman–Crippen MR) is 66.1 cm³/mol. The molecule has 3 nitrogen and oxygen atoms in total. The van der Waals surface area contributed by atoms with Crippen LogP contribution in [-0.2, 0) is 15.3 Å². The van der Waals surface area contributed by atoms with Crippen LogP contribution in [0.2, 0.25) is 0 Å². The third kappa shape index (κ3) is 2.07. The van der Waals surface area contributed by atoms with Gasteiger partial charge in [0.15, 0.2) is 9.84 Å². The number of para-hydroxylation sites is 1. The molecule has 1 fully saturated rings. The number of nitrogens with two attached hydrogens (primary N) is 1. The van der Waals surface area contributed by atoms with Gasteiger partial charge in [0.2, 0.25) is 0 Å². The van der Waals surface area contributed by atoms with Gasteiger partial charge < -0.3 is 5.73 Å². The van der Waals surface area contributed by atoms with Crippen LogP contribution in [0.4, 0.5) is 5.69 Å². The van der Waals surface area contributed by atoms with Crippen LogP contribution in [0.25, 0.3) is 0 Å². The minimum absolute atomic E-state index is 0.194. The molecule has 0 bridgehead atoms. The van der Waals surface area contributed by atoms with Crippen LogP contribution in [0.3, 0.4) is 0 Å². The molecule has 2 N–H and O–H groups in total. The summed E-state index contributed by atoms with van der Waals surface area (Å²) in [6, 6.07) is 7.59. The number of benzene rings is 1. The Morgan fingerprint density at radius 1 is 1.31 bits per heavy atom. The summed E-state index contributed by atoms with van der Waals surface area (Å²) in [6.07, 6.45) is 1.86. The van der Waals surface area contributed by atoms with Gasteiger partial charge in [0.05, 0.1) is 5.75 Å². The molecule has 0 unspecified atom stereocenters. The van der Waals surface area contributed by atoms with Gasteiger partial charge in [-0.25, -0.2) is 8.42 Å². The lowest BCUT2D eigenvalue weighted by molar-refractivity contribution is 0.587. The van der Waals surface area contributed by atoms with E-state index >= 15 is 0 Å². The molecule has 1 aliphatic rings. The summed E-state index contributed by atoms with van der Waals surface area (Å²) < 4.78 is 23.4. The van der Waals surface area contributed by atoms with E-state index in [1.54, 1.807) is 6.92 Å². The minimum Gasteiger partial charge on any atom is -0.398 e. The Bertz CT molecular complexity index is 489. The summed E-state index contributed by atoms with van der Waals surface area (Å²) in [7, 11) is -2.94. The van der Waals surface area contributed by atoms with Crippen molar-refractivity contribution in [1.82, 2.24) is 0 Å². The highest BCUT2D eigenvalue weighted by molar-refractivity contribution is 7.91. The van der Waals surface area contributed by atoms with Gasteiger partial charge in [0, 0.05) is 16.9 Å². The van der Waals surface area contributed by atoms with Crippen LogP contribution in [0.1, 0.15) is 25.3 Å². The van der Waals surface area contributed by atoms with Gasteiger partial charge in [0.25, 0.3) is 0 Å². The number of nitrogen functional groups attached to an aromatic ring is 1. The lowest BCUT2D eigenvalue weighted by Gasteiger charge is -2.17. The van der Waals surface area contributed by atoms with Crippen LogP contribution >= 0.6 is 0 Å². The molecule has 0 atom stereocenters. The molecule has 0 aromatic heterocycles. The van der Waals surface area contributed by atoms with Gasteiger partial charge in [-0.2, -0.15) is 0 Å². The number of rotatable bonds is 4. The first kappa shape index (κ1) is 11.5. The highest BCUT2D eigenvalue weighted by Gasteiger charge is 2.48. The number of hydrogen-bond acceptors (Lipinski definition) is 3. The van der Waals surface area contributed by atoms with E-state index < -0.39 is 9.84 Å². The Hall–Kier alpha value is -1.03. The van der Waals surface area contributed by atoms with Crippen molar-refractivity contribution < 1.29 is 8.42 Å². The molecular weight excluding hydrogens is 222 g/mol. The summed E-state index contributed by atoms with van der Waals surface area (Å²) >= 11 is 0. The normalized spacial score (nSPS) is 18.3. The predicted octanol–water partition coefficient (Wildman–Crippen LogP) is 1.74. The molecule has 1 aromatic rings. The van der Waals surface area contributed by atoms with E-state index in [9.17, 15) is 8.42 Å². The highest BCUT2D eigenvalue weighted by Crippen LogP contribution is 2.51. The van der Waals surface area contributed by atoms with E-state index in [1.165, 1.54) is 0 Å². The number of anilines is 1. The molecule has 1 aromatic carbocycles. The Morgan fingerprint density at radius 2 is 1.94 bits per heavy atom. The molecular formula is C12H17NO2S. The zero-order valence-electron chi connectivity index (χ0n) is 9.44. The third-order valence-corrected chi connectivity index (χ3v) is 5.19. The summed E-state index contributed by atoms with van der Waals surface area (Å²) in [4.78, 5) is 0. The number of sulfone groups is 1. The lowest BCUT2D eigenvalue weighted by atomic mass is 9.96. The summed E-state index contributed by atoms with van der Waals surface area (Å²) in [5.74, 6) is 0.451. The molecule has 0 spiro atoms. The maximum absolute atomic E-state index is 11.7. The van der Waals surface area contributed by atoms with Crippen LogP contribution < -0.4 is 5.73 Å². The SMILES string of the molecule is CCS(=O)(=O)CC1(c2ccccc2N)CC1. The van der Waals surface area contributed by atoms with E-state index in [1.807, 2.05) is 24.3 Å². The van der Waals surface area contributed by atoms with Crippen molar-refractivity contribution in [3.8, 4) is 0 Å². The molecule has 4 heteroatoms. The minimum atomic E-state index is -2.94. The van der Waals surface area contributed by atoms with Gasteiger partial charge in [-0.15, -0.1) is 0 Å². The van der Waals surface area contributed by atoms with Crippen LogP contribution in [0, 0.1) is 0 Å². The zero-order valence-corrected chi connectivity index (χ0v) is 10.3. The molecule has 2 rings (SSSR count). The van der Waals surface area contributed by atoms with Crippen LogP contribution in [0.15, 0.2) is 24.3 Å². The zero-order chi connectivity index (χ0) is 11.8. The van der Waals surface area contributed by atoms with E-state index in [4.69, 9.17) is 5.73 Å². The number of hydrogen-bond donors (Lipinski definition) is 1. The van der Waals surface area contributed by atoms with Crippen molar-refractivity contribution in [1.29, 1.82) is 0 Å². The lowest BCUT2D eigenvalue weighted by Crippen LogP contribution is -2.23. The quantitative estimate of drug-likeness (QED) is 0.814. The van der Waals surface area contributed by atoms with E-state index in [-0.39, 0.29) is 16.9 Å². The van der Waals surface area contributed by atoms with Crippen LogP contribution in [0.5, 0.6) is 0 Å². The fraction of sp³-hybridized carbons (Fsp3) is 0.500. The topological polar surface area (TPSA) is 60.2 Å². The Morgan fingerprint density at radius 3 is 2.44 bits per heavy atom. The van der Waals surface area contributed by atoms with Crippen LogP contribution in [-0.4, -0.2) is 19.9 Å². The fourth-order valence-electron chi connectivity index (χ4n) is 2.15. The van der Waals surface area contributed by atoms with E-state index in [0.717, 1.165) is 18.4 Å². The molecule has 16 heavy (non-hydrogen) atoms. The van der Waals surface area contributed by atoms with Crippen molar-refractivity contribution >= 4 is 15.5 Å². The summed E-state index contributed by atoms with van der Waals surface area (Å²) in [5.41, 5.74) is 7.44. The van der Waals surface area contributed by atoms with Gasteiger partial charge in [-0.3, -0.25) is 0 Å². The fourth-order valence-corrected chi connectivity index (χ4v) is 3.64. The molecule has 0 aliphatic heterocycles. The smallest absolute Gasteiger partial charge is 0.150 e. The van der Waals surface area contributed by atoms with Crippen molar-refractivity contribution in [3.05, 3.63) is 29.8 Å². The standard InChI is InChI=1S/C12H17NO2S/c1-2-16(14,15)9-12(7-8-12)10-5-3-4-6-11(10)13/h3-6H,2,7-9,13H2,1H3. The molecule has 0 radical (unpaired) electrons. The van der Waals surface area contributed by atoms with E-state index in [2.05, 4.69) is 0 Å². The van der Waals surface area contributed by atoms with Gasteiger partial charge >= 0.3 is 0 Å². The maximum Gasteiger partial charge on any atom is 0.150 e. The summed E-state index contributed by atoms with van der Waals surface area (Å²) in [6.45, 7) is 1.69. The van der Waals surface area contributed by atoms with Crippen molar-refractivity contribution in [2.75, 3.05) is 17.2 Å². The second kappa shape index (κ2) is 3.77. The second-order valence-corrected chi connectivity index (χ2v) is 6.90. The molecule has 88 valence electrons. The molecule has 1 saturated carbocycles. The monoisotopic (exact) mass is 239 g/mol. The highest BCUT2D eigenvalue weighted by atomic mass is 32.2. The second-order valence-electron chi connectivity index (χ2n) is 4.54. The molecule has 1 aliphatic carbocycles. The molecule has 0 amide bonds. The van der Waals surface area contributed by atoms with Crippen molar-refractivity contribution in [2.45, 2.75) is 25.2 Å². The average Bonchev–Trinajstić information content (AvgIpc) is 2.99. The van der Waals surface area contributed by atoms with Crippen molar-refractivity contribution in [3.63, 3.8) is 0 Å². The maximum atomic E-state index is 11.7. The van der Waals surface area contributed by atoms with Crippen molar-refractivity contribution in [2.24, 2.45) is 0 Å². The summed E-state index contributed by atoms with van der Waals surface area (Å²) in [5, 5.41) is 0. The van der Waals surface area contributed by atoms with Gasteiger partial charge in [-0.1, -0.05) is 25.1 Å². The van der Waals surface area contributed by atoms with Gasteiger partial charge in [-0.05, 0) is 24.5 Å². The Kier molecular flexibility index (Phi) is 2.70. The largest absolute Gasteiger partial charge is 0.398 e. The van der Waals surface area contributed by atoms with E-state index in [0.29, 0.717) is 5.69 Å². The molecule has 0 heterocycles. The Balaban J connectivity index is 2.31. The first-order valence-electron chi connectivity index (χ1n) is 5.54. The molecule has 0 saturated heterocycles. The average molecular weight is 239 g/mol.